The average Bonchev–Trinajstić information content (AvgIpc) is 3.16. The molecule has 0 saturated heterocycles. The van der Waals surface area contributed by atoms with E-state index < -0.39 is 0 Å². The van der Waals surface area contributed by atoms with Crippen LogP contribution >= 0.6 is 23.1 Å². The molecule has 0 spiro atoms. The molecule has 0 atom stereocenters. The van der Waals surface area contributed by atoms with E-state index in [9.17, 15) is 0 Å². The van der Waals surface area contributed by atoms with Crippen molar-refractivity contribution in [1.29, 1.82) is 0 Å². The van der Waals surface area contributed by atoms with Crippen LogP contribution in [0.15, 0.2) is 33.3 Å². The van der Waals surface area contributed by atoms with Gasteiger partial charge in [-0.25, -0.2) is 4.98 Å². The Kier molecular flexibility index (Phi) is 3.98. The number of hydrogen-bond acceptors (Lipinski definition) is 6. The second kappa shape index (κ2) is 6.06. The molecule has 0 bridgehead atoms. The molecule has 20 heavy (non-hydrogen) atoms. The molecule has 1 N–H and O–H groups in total. The van der Waals surface area contributed by atoms with Crippen molar-refractivity contribution < 1.29 is 4.52 Å². The summed E-state index contributed by atoms with van der Waals surface area (Å²) in [4.78, 5) is 5.57. The van der Waals surface area contributed by atoms with E-state index in [1.54, 1.807) is 11.3 Å². The normalized spacial score (nSPS) is 11.4. The Morgan fingerprint density at radius 3 is 3.15 bits per heavy atom. The first kappa shape index (κ1) is 13.1. The van der Waals surface area contributed by atoms with E-state index in [0.717, 1.165) is 17.3 Å². The molecule has 0 saturated carbocycles. The molecule has 0 aliphatic heterocycles. The lowest BCUT2D eigenvalue weighted by Gasteiger charge is -1.89. The molecule has 3 heterocycles. The van der Waals surface area contributed by atoms with Gasteiger partial charge in [0, 0.05) is 10.9 Å². The Labute approximate surface area is 124 Å². The van der Waals surface area contributed by atoms with Gasteiger partial charge in [0.1, 0.15) is 11.6 Å². The van der Waals surface area contributed by atoms with Crippen molar-refractivity contribution in [1.82, 2.24) is 20.3 Å². The molecule has 3 rings (SSSR count). The number of nitrogens with zero attached hydrogens (tertiary/aromatic N) is 3. The minimum atomic E-state index is 0.673. The van der Waals surface area contributed by atoms with Crippen molar-refractivity contribution in [3.8, 4) is 0 Å². The van der Waals surface area contributed by atoms with Crippen molar-refractivity contribution in [3.63, 3.8) is 0 Å². The van der Waals surface area contributed by atoms with Crippen LogP contribution in [0.5, 0.6) is 0 Å². The van der Waals surface area contributed by atoms with Crippen LogP contribution in [0, 0.1) is 6.92 Å². The molecule has 5 nitrogen and oxygen atoms in total. The molecule has 0 aliphatic rings. The standard InChI is InChI=1S/C13H12N4OS2/c1-9-7-10(18-17-9)8-20-13-14-12(15-16-13)5-4-11-3-2-6-19-11/h2-7H,8H2,1H3,(H,14,15,16)/b5-4+. The summed E-state index contributed by atoms with van der Waals surface area (Å²) in [7, 11) is 0. The Morgan fingerprint density at radius 2 is 2.40 bits per heavy atom. The monoisotopic (exact) mass is 304 g/mol. The third-order valence-electron chi connectivity index (χ3n) is 2.45. The van der Waals surface area contributed by atoms with Crippen LogP contribution in [-0.4, -0.2) is 20.3 Å². The van der Waals surface area contributed by atoms with Crippen LogP contribution in [-0.2, 0) is 5.75 Å². The highest BCUT2D eigenvalue weighted by molar-refractivity contribution is 7.98. The molecular formula is C13H12N4OS2. The van der Waals surface area contributed by atoms with Crippen molar-refractivity contribution in [2.75, 3.05) is 0 Å². The fourth-order valence-electron chi connectivity index (χ4n) is 1.56. The van der Waals surface area contributed by atoms with Crippen molar-refractivity contribution in [2.24, 2.45) is 0 Å². The van der Waals surface area contributed by atoms with E-state index in [1.165, 1.54) is 16.6 Å². The van der Waals surface area contributed by atoms with Crippen molar-refractivity contribution in [3.05, 3.63) is 45.7 Å². The number of aromatic amines is 1. The van der Waals surface area contributed by atoms with Crippen LogP contribution in [0.25, 0.3) is 12.2 Å². The molecular weight excluding hydrogens is 292 g/mol. The molecule has 0 aromatic carbocycles. The molecule has 0 unspecified atom stereocenters. The van der Waals surface area contributed by atoms with E-state index in [1.807, 2.05) is 36.6 Å². The summed E-state index contributed by atoms with van der Waals surface area (Å²) in [5, 5.41) is 13.6. The topological polar surface area (TPSA) is 67.6 Å². The van der Waals surface area contributed by atoms with Gasteiger partial charge < -0.3 is 4.52 Å². The second-order valence-corrected chi connectivity index (χ2v) is 6.00. The lowest BCUT2D eigenvalue weighted by molar-refractivity contribution is 0.391. The summed E-state index contributed by atoms with van der Waals surface area (Å²) in [5.74, 6) is 2.25. The molecule has 0 fully saturated rings. The van der Waals surface area contributed by atoms with Gasteiger partial charge in [-0.15, -0.1) is 16.4 Å². The number of nitrogens with one attached hydrogen (secondary N) is 1. The Balaban J connectivity index is 1.59. The third kappa shape index (κ3) is 3.37. The summed E-state index contributed by atoms with van der Waals surface area (Å²) in [5.41, 5.74) is 0.884. The zero-order valence-electron chi connectivity index (χ0n) is 10.7. The van der Waals surface area contributed by atoms with Gasteiger partial charge in [0.2, 0.25) is 5.16 Å². The lowest BCUT2D eigenvalue weighted by Crippen LogP contribution is -1.78. The van der Waals surface area contributed by atoms with E-state index in [0.29, 0.717) is 10.9 Å². The molecule has 3 aromatic rings. The van der Waals surface area contributed by atoms with E-state index in [2.05, 4.69) is 26.4 Å². The van der Waals surface area contributed by atoms with Gasteiger partial charge in [-0.05, 0) is 30.5 Å². The maximum Gasteiger partial charge on any atom is 0.209 e. The summed E-state index contributed by atoms with van der Waals surface area (Å²) < 4.78 is 5.14. The average molecular weight is 304 g/mol. The quantitative estimate of drug-likeness (QED) is 0.729. The number of thiophene rings is 1. The predicted molar refractivity (Wildman–Crippen MR) is 80.4 cm³/mol. The summed E-state index contributed by atoms with van der Waals surface area (Å²) >= 11 is 3.20. The fraction of sp³-hybridized carbons (Fsp3) is 0.154. The van der Waals surface area contributed by atoms with Crippen LogP contribution < -0.4 is 0 Å². The first-order valence-electron chi connectivity index (χ1n) is 5.98. The minimum absolute atomic E-state index is 0.673. The fourth-order valence-corrected chi connectivity index (χ4v) is 2.86. The molecule has 0 aliphatic carbocycles. The number of hydrogen-bond donors (Lipinski definition) is 1. The van der Waals surface area contributed by atoms with Gasteiger partial charge in [-0.2, -0.15) is 0 Å². The van der Waals surface area contributed by atoms with E-state index in [-0.39, 0.29) is 0 Å². The predicted octanol–water partition coefficient (Wildman–Crippen LogP) is 3.63. The van der Waals surface area contributed by atoms with Crippen LogP contribution in [0.3, 0.4) is 0 Å². The van der Waals surface area contributed by atoms with Gasteiger partial charge in [0.05, 0.1) is 11.4 Å². The summed E-state index contributed by atoms with van der Waals surface area (Å²) in [6.07, 6.45) is 3.93. The van der Waals surface area contributed by atoms with E-state index in [4.69, 9.17) is 4.52 Å². The molecule has 0 amide bonds. The molecule has 7 heteroatoms. The van der Waals surface area contributed by atoms with E-state index >= 15 is 0 Å². The highest BCUT2D eigenvalue weighted by Gasteiger charge is 2.05. The number of H-pyrrole nitrogens is 1. The molecule has 102 valence electrons. The molecule has 0 radical (unpaired) electrons. The smallest absolute Gasteiger partial charge is 0.209 e. The minimum Gasteiger partial charge on any atom is -0.360 e. The lowest BCUT2D eigenvalue weighted by atomic mass is 10.4. The number of thioether (sulfide) groups is 1. The SMILES string of the molecule is Cc1cc(CSc2n[nH]c(/C=C/c3cccs3)n2)on1. The first-order valence-corrected chi connectivity index (χ1v) is 7.85. The van der Waals surface area contributed by atoms with Crippen LogP contribution in [0.1, 0.15) is 22.2 Å². The Morgan fingerprint density at radius 1 is 1.45 bits per heavy atom. The van der Waals surface area contributed by atoms with Gasteiger partial charge in [0.25, 0.3) is 0 Å². The Bertz CT molecular complexity index is 700. The Hall–Kier alpha value is -1.86. The number of aromatic nitrogens is 4. The first-order chi connectivity index (χ1) is 9.79. The van der Waals surface area contributed by atoms with Gasteiger partial charge >= 0.3 is 0 Å². The maximum absolute atomic E-state index is 5.14. The zero-order chi connectivity index (χ0) is 13.8. The highest BCUT2D eigenvalue weighted by atomic mass is 32.2. The zero-order valence-corrected chi connectivity index (χ0v) is 12.4. The maximum atomic E-state index is 5.14. The van der Waals surface area contributed by atoms with Gasteiger partial charge in [-0.1, -0.05) is 23.0 Å². The summed E-state index contributed by atoms with van der Waals surface area (Å²) in [6, 6.07) is 5.99. The van der Waals surface area contributed by atoms with Crippen LogP contribution in [0.2, 0.25) is 0 Å². The van der Waals surface area contributed by atoms with Gasteiger partial charge in [0.15, 0.2) is 0 Å². The second-order valence-electron chi connectivity index (χ2n) is 4.08. The van der Waals surface area contributed by atoms with Crippen molar-refractivity contribution in [2.45, 2.75) is 17.8 Å². The highest BCUT2D eigenvalue weighted by Crippen LogP contribution is 2.20. The number of aryl methyl sites for hydroxylation is 1. The van der Waals surface area contributed by atoms with Crippen LogP contribution in [0.4, 0.5) is 0 Å². The largest absolute Gasteiger partial charge is 0.360 e. The third-order valence-corrected chi connectivity index (χ3v) is 4.16. The van der Waals surface area contributed by atoms with Crippen molar-refractivity contribution >= 4 is 35.3 Å². The van der Waals surface area contributed by atoms with Gasteiger partial charge in [-0.3, -0.25) is 5.10 Å². The summed E-state index contributed by atoms with van der Waals surface area (Å²) in [6.45, 7) is 1.90. The number of rotatable bonds is 5. The molecule has 3 aromatic heterocycles.